The number of hydrazine groups is 1. The molecule has 3 aromatic rings. The Bertz CT molecular complexity index is 1020. The number of halogens is 3. The van der Waals surface area contributed by atoms with Crippen molar-refractivity contribution in [1.82, 2.24) is 15.4 Å². The molecular formula is C19H17F3N6O3. The molecule has 0 aliphatic heterocycles. The maximum atomic E-state index is 12.2. The van der Waals surface area contributed by atoms with Gasteiger partial charge in [-0.15, -0.1) is 13.2 Å². The number of ether oxygens (including phenoxy) is 2. The molecule has 0 spiro atoms. The number of nitrogen functional groups attached to an aromatic ring is 1. The van der Waals surface area contributed by atoms with Crippen LogP contribution in [0.15, 0.2) is 60.9 Å². The van der Waals surface area contributed by atoms with Gasteiger partial charge in [-0.2, -0.15) is 0 Å². The molecule has 0 radical (unpaired) electrons. The first kappa shape index (κ1) is 21.5. The smallest absolute Gasteiger partial charge is 0.484 e. The van der Waals surface area contributed by atoms with Gasteiger partial charge < -0.3 is 20.5 Å². The SMILES string of the molecule is Nc1c(NNC(=O)COc2ccccc2)ncnc1Nc1ccc(OC(F)(F)F)cc1. The minimum absolute atomic E-state index is 0.0717. The zero-order chi connectivity index (χ0) is 22.3. The number of nitrogens with two attached hydrogens (primary N) is 1. The second-order valence-corrected chi connectivity index (χ2v) is 5.96. The van der Waals surface area contributed by atoms with Crippen molar-refractivity contribution in [1.29, 1.82) is 0 Å². The van der Waals surface area contributed by atoms with Crippen molar-refractivity contribution in [2.75, 3.05) is 23.1 Å². The molecule has 0 aliphatic carbocycles. The minimum atomic E-state index is -4.77. The first-order chi connectivity index (χ1) is 14.8. The Kier molecular flexibility index (Phi) is 6.60. The maximum Gasteiger partial charge on any atom is 0.573 e. The Hall–Kier alpha value is -4.22. The number of rotatable bonds is 8. The summed E-state index contributed by atoms with van der Waals surface area (Å²) in [5, 5.41) is 2.85. The zero-order valence-electron chi connectivity index (χ0n) is 15.8. The van der Waals surface area contributed by atoms with E-state index in [4.69, 9.17) is 10.5 Å². The summed E-state index contributed by atoms with van der Waals surface area (Å²) in [4.78, 5) is 19.8. The molecule has 1 aromatic heterocycles. The third-order valence-corrected chi connectivity index (χ3v) is 3.67. The summed E-state index contributed by atoms with van der Waals surface area (Å²) >= 11 is 0. The van der Waals surface area contributed by atoms with E-state index in [-0.39, 0.29) is 29.7 Å². The van der Waals surface area contributed by atoms with Gasteiger partial charge in [0.1, 0.15) is 23.5 Å². The number of anilines is 4. The molecule has 0 aliphatic rings. The van der Waals surface area contributed by atoms with E-state index in [1.54, 1.807) is 24.3 Å². The van der Waals surface area contributed by atoms with E-state index in [0.29, 0.717) is 11.4 Å². The number of carbonyl (C=O) groups is 1. The molecule has 1 amide bonds. The second-order valence-electron chi connectivity index (χ2n) is 5.96. The molecule has 0 unspecified atom stereocenters. The monoisotopic (exact) mass is 434 g/mol. The van der Waals surface area contributed by atoms with Crippen LogP contribution in [-0.2, 0) is 4.79 Å². The first-order valence-corrected chi connectivity index (χ1v) is 8.76. The average Bonchev–Trinajstić information content (AvgIpc) is 2.74. The summed E-state index contributed by atoms with van der Waals surface area (Å²) in [5.74, 6) is -0.00942. The lowest BCUT2D eigenvalue weighted by Crippen LogP contribution is -2.34. The fraction of sp³-hybridized carbons (Fsp3) is 0.105. The number of hydrogen-bond acceptors (Lipinski definition) is 8. The van der Waals surface area contributed by atoms with Crippen molar-refractivity contribution < 1.29 is 27.4 Å². The zero-order valence-corrected chi connectivity index (χ0v) is 15.8. The molecule has 2 aromatic carbocycles. The molecule has 31 heavy (non-hydrogen) atoms. The summed E-state index contributed by atoms with van der Waals surface area (Å²) < 4.78 is 45.8. The fourth-order valence-electron chi connectivity index (χ4n) is 2.30. The number of benzene rings is 2. The van der Waals surface area contributed by atoms with Crippen LogP contribution < -0.4 is 31.4 Å². The van der Waals surface area contributed by atoms with E-state index in [9.17, 15) is 18.0 Å². The predicted octanol–water partition coefficient (Wildman–Crippen LogP) is 3.22. The molecule has 0 fully saturated rings. The van der Waals surface area contributed by atoms with Crippen molar-refractivity contribution in [2.24, 2.45) is 0 Å². The van der Waals surface area contributed by atoms with Crippen LogP contribution in [0.4, 0.5) is 36.2 Å². The first-order valence-electron chi connectivity index (χ1n) is 8.76. The van der Waals surface area contributed by atoms with Crippen molar-refractivity contribution in [3.05, 3.63) is 60.9 Å². The van der Waals surface area contributed by atoms with Gasteiger partial charge in [0.25, 0.3) is 5.91 Å². The summed E-state index contributed by atoms with van der Waals surface area (Å²) in [6, 6.07) is 13.8. The lowest BCUT2D eigenvalue weighted by molar-refractivity contribution is -0.274. The van der Waals surface area contributed by atoms with E-state index < -0.39 is 12.3 Å². The number of hydrogen-bond donors (Lipinski definition) is 4. The average molecular weight is 434 g/mol. The lowest BCUT2D eigenvalue weighted by atomic mass is 10.3. The Morgan fingerprint density at radius 3 is 2.32 bits per heavy atom. The summed E-state index contributed by atoms with van der Waals surface area (Å²) in [5.41, 5.74) is 11.4. The largest absolute Gasteiger partial charge is 0.573 e. The maximum absolute atomic E-state index is 12.2. The van der Waals surface area contributed by atoms with Crippen LogP contribution in [0.25, 0.3) is 0 Å². The number of aromatic nitrogens is 2. The van der Waals surface area contributed by atoms with Gasteiger partial charge in [0.05, 0.1) is 0 Å². The van der Waals surface area contributed by atoms with Crippen LogP contribution in [0.1, 0.15) is 0 Å². The van der Waals surface area contributed by atoms with Crippen molar-refractivity contribution in [2.45, 2.75) is 6.36 Å². The molecule has 12 heteroatoms. The quantitative estimate of drug-likeness (QED) is 0.399. The van der Waals surface area contributed by atoms with E-state index in [1.807, 2.05) is 6.07 Å². The van der Waals surface area contributed by atoms with E-state index >= 15 is 0 Å². The third-order valence-electron chi connectivity index (χ3n) is 3.67. The Balaban J connectivity index is 1.56. The topological polar surface area (TPSA) is 123 Å². The molecule has 0 bridgehead atoms. The molecule has 0 saturated heterocycles. The van der Waals surface area contributed by atoms with Gasteiger partial charge in [0.2, 0.25) is 0 Å². The normalized spacial score (nSPS) is 10.8. The van der Waals surface area contributed by atoms with Crippen LogP contribution in [-0.4, -0.2) is 28.8 Å². The van der Waals surface area contributed by atoms with Crippen molar-refractivity contribution in [3.8, 4) is 11.5 Å². The molecule has 3 rings (SSSR count). The lowest BCUT2D eigenvalue weighted by Gasteiger charge is -2.14. The Morgan fingerprint density at radius 1 is 0.968 bits per heavy atom. The Labute approximate surface area is 174 Å². The third kappa shape index (κ3) is 6.66. The molecule has 5 N–H and O–H groups in total. The fourth-order valence-corrected chi connectivity index (χ4v) is 2.30. The highest BCUT2D eigenvalue weighted by Gasteiger charge is 2.30. The number of nitrogens with one attached hydrogen (secondary N) is 3. The predicted molar refractivity (Wildman–Crippen MR) is 107 cm³/mol. The highest BCUT2D eigenvalue weighted by Crippen LogP contribution is 2.28. The van der Waals surface area contributed by atoms with E-state index in [1.165, 1.54) is 18.5 Å². The number of alkyl halides is 3. The molecule has 9 nitrogen and oxygen atoms in total. The van der Waals surface area contributed by atoms with Gasteiger partial charge in [-0.1, -0.05) is 18.2 Å². The number of amides is 1. The molecule has 1 heterocycles. The molecule has 0 saturated carbocycles. The van der Waals surface area contributed by atoms with Crippen LogP contribution in [0.5, 0.6) is 11.5 Å². The van der Waals surface area contributed by atoms with Gasteiger partial charge in [0, 0.05) is 5.69 Å². The van der Waals surface area contributed by atoms with Crippen LogP contribution in [0, 0.1) is 0 Å². The summed E-state index contributed by atoms with van der Waals surface area (Å²) in [6.07, 6.45) is -3.59. The van der Waals surface area contributed by atoms with Crippen molar-refractivity contribution >= 4 is 28.9 Å². The highest BCUT2D eigenvalue weighted by atomic mass is 19.4. The molecule has 162 valence electrons. The van der Waals surface area contributed by atoms with Crippen LogP contribution in [0.2, 0.25) is 0 Å². The number of para-hydroxylation sites is 1. The molecular weight excluding hydrogens is 417 g/mol. The van der Waals surface area contributed by atoms with Gasteiger partial charge in [-0.25, -0.2) is 9.97 Å². The van der Waals surface area contributed by atoms with Gasteiger partial charge in [-0.05, 0) is 36.4 Å². The summed E-state index contributed by atoms with van der Waals surface area (Å²) in [6.45, 7) is -0.237. The van der Waals surface area contributed by atoms with Crippen LogP contribution in [0.3, 0.4) is 0 Å². The minimum Gasteiger partial charge on any atom is -0.484 e. The second kappa shape index (κ2) is 9.52. The van der Waals surface area contributed by atoms with E-state index in [2.05, 4.69) is 30.9 Å². The summed E-state index contributed by atoms with van der Waals surface area (Å²) in [7, 11) is 0. The van der Waals surface area contributed by atoms with Gasteiger partial charge in [0.15, 0.2) is 18.2 Å². The van der Waals surface area contributed by atoms with Gasteiger partial charge in [-0.3, -0.25) is 15.6 Å². The number of carbonyl (C=O) groups excluding carboxylic acids is 1. The van der Waals surface area contributed by atoms with E-state index in [0.717, 1.165) is 12.1 Å². The highest BCUT2D eigenvalue weighted by molar-refractivity contribution is 5.82. The van der Waals surface area contributed by atoms with Crippen LogP contribution >= 0.6 is 0 Å². The Morgan fingerprint density at radius 2 is 1.65 bits per heavy atom. The number of nitrogens with zero attached hydrogens (tertiary/aromatic N) is 2. The standard InChI is InChI=1S/C19H17F3N6O3/c20-19(21,22)31-14-8-6-12(7-9-14)26-17-16(23)18(25-11-24-17)28-27-15(29)10-30-13-4-2-1-3-5-13/h1-9,11H,10,23H2,(H,27,29)(H2,24,25,26,28). The molecule has 0 atom stereocenters. The van der Waals surface area contributed by atoms with Gasteiger partial charge >= 0.3 is 6.36 Å². The van der Waals surface area contributed by atoms with Crippen molar-refractivity contribution in [3.63, 3.8) is 0 Å².